The second-order valence-electron chi connectivity index (χ2n) is 7.28. The third kappa shape index (κ3) is 2.40. The van der Waals surface area contributed by atoms with Crippen molar-refractivity contribution in [1.29, 1.82) is 0 Å². The molecule has 1 aromatic heterocycles. The minimum atomic E-state index is 0.120. The highest BCUT2D eigenvalue weighted by atomic mass is 16.5. The van der Waals surface area contributed by atoms with E-state index in [2.05, 4.69) is 13.0 Å². The van der Waals surface area contributed by atoms with Crippen LogP contribution in [-0.4, -0.2) is 42.1 Å². The maximum Gasteiger partial charge on any atom is 0.255 e. The summed E-state index contributed by atoms with van der Waals surface area (Å²) in [4.78, 5) is 19.8. The Morgan fingerprint density at radius 3 is 2.58 bits per heavy atom. The average molecular weight is 324 g/mol. The van der Waals surface area contributed by atoms with E-state index in [4.69, 9.17) is 9.72 Å². The highest BCUT2D eigenvalue weighted by Crippen LogP contribution is 2.39. The van der Waals surface area contributed by atoms with Crippen LogP contribution in [0.3, 0.4) is 0 Å². The maximum absolute atomic E-state index is 13.1. The smallest absolute Gasteiger partial charge is 0.255 e. The van der Waals surface area contributed by atoms with Gasteiger partial charge in [0.05, 0.1) is 22.9 Å². The molecule has 1 saturated carbocycles. The second kappa shape index (κ2) is 5.85. The van der Waals surface area contributed by atoms with Crippen molar-refractivity contribution in [2.75, 3.05) is 20.2 Å². The van der Waals surface area contributed by atoms with E-state index in [1.807, 2.05) is 30.0 Å². The molecule has 3 atom stereocenters. The Bertz CT molecular complexity index is 788. The fourth-order valence-corrected chi connectivity index (χ4v) is 4.55. The van der Waals surface area contributed by atoms with Gasteiger partial charge >= 0.3 is 0 Å². The molecule has 126 valence electrons. The number of aryl methyl sites for hydroxylation is 2. The normalized spacial score (nSPS) is 26.1. The van der Waals surface area contributed by atoms with Gasteiger partial charge in [-0.3, -0.25) is 9.78 Å². The monoisotopic (exact) mass is 324 g/mol. The largest absolute Gasteiger partial charge is 0.381 e. The molecule has 1 amide bonds. The molecule has 4 heteroatoms. The van der Waals surface area contributed by atoms with E-state index in [0.29, 0.717) is 17.9 Å². The van der Waals surface area contributed by atoms with Crippen molar-refractivity contribution in [3.05, 3.63) is 41.1 Å². The Morgan fingerprint density at radius 1 is 1.21 bits per heavy atom. The third-order valence-corrected chi connectivity index (χ3v) is 5.78. The highest BCUT2D eigenvalue weighted by molar-refractivity contribution is 5.99. The molecular weight excluding hydrogens is 300 g/mol. The number of carbonyl (C=O) groups excluding carboxylic acids is 1. The number of piperidine rings is 1. The van der Waals surface area contributed by atoms with Crippen LogP contribution in [0.15, 0.2) is 24.3 Å². The van der Waals surface area contributed by atoms with Crippen LogP contribution in [0.4, 0.5) is 0 Å². The number of likely N-dealkylation sites (tertiary alicyclic amines) is 1. The van der Waals surface area contributed by atoms with Crippen LogP contribution in [0, 0.1) is 25.7 Å². The highest BCUT2D eigenvalue weighted by Gasteiger charge is 2.43. The molecule has 2 aliphatic rings. The number of hydrogen-bond acceptors (Lipinski definition) is 3. The van der Waals surface area contributed by atoms with Crippen molar-refractivity contribution in [1.82, 2.24) is 9.88 Å². The number of aromatic nitrogens is 1. The molecule has 1 unspecified atom stereocenters. The van der Waals surface area contributed by atoms with Crippen molar-refractivity contribution >= 4 is 16.8 Å². The Morgan fingerprint density at radius 2 is 1.92 bits per heavy atom. The number of para-hydroxylation sites is 1. The number of hydrogen-bond donors (Lipinski definition) is 0. The van der Waals surface area contributed by atoms with Gasteiger partial charge in [0.2, 0.25) is 0 Å². The van der Waals surface area contributed by atoms with Gasteiger partial charge in [0.25, 0.3) is 5.91 Å². The molecule has 4 nitrogen and oxygen atoms in total. The Hall–Kier alpha value is -1.94. The number of benzene rings is 1. The van der Waals surface area contributed by atoms with Crippen molar-refractivity contribution in [2.24, 2.45) is 11.8 Å². The molecule has 1 aliphatic heterocycles. The summed E-state index contributed by atoms with van der Waals surface area (Å²) in [6.45, 7) is 5.61. The van der Waals surface area contributed by atoms with Gasteiger partial charge in [0.1, 0.15) is 0 Å². The minimum absolute atomic E-state index is 0.120. The predicted octanol–water partition coefficient (Wildman–Crippen LogP) is 3.35. The Kier molecular flexibility index (Phi) is 3.80. The second-order valence-corrected chi connectivity index (χ2v) is 7.28. The molecule has 1 aliphatic carbocycles. The average Bonchev–Trinajstić information content (AvgIpc) is 2.82. The molecule has 0 radical (unpaired) electrons. The van der Waals surface area contributed by atoms with Gasteiger partial charge in [0.15, 0.2) is 0 Å². The van der Waals surface area contributed by atoms with Crippen LogP contribution in [-0.2, 0) is 4.74 Å². The van der Waals surface area contributed by atoms with E-state index >= 15 is 0 Å². The SMILES string of the molecule is COC1[C@@H]2CC[C@H]1CN(C(=O)c1cc3cccc(C)c3nc1C)C2. The van der Waals surface area contributed by atoms with Crippen LogP contribution in [0.2, 0.25) is 0 Å². The lowest BCUT2D eigenvalue weighted by Crippen LogP contribution is -2.48. The van der Waals surface area contributed by atoms with Crippen LogP contribution in [0.25, 0.3) is 10.9 Å². The maximum atomic E-state index is 13.1. The summed E-state index contributed by atoms with van der Waals surface area (Å²) in [5.41, 5.74) is 3.70. The number of ether oxygens (including phenoxy) is 1. The first-order valence-electron chi connectivity index (χ1n) is 8.77. The van der Waals surface area contributed by atoms with E-state index in [1.165, 1.54) is 12.8 Å². The van der Waals surface area contributed by atoms with Crippen LogP contribution in [0.1, 0.15) is 34.5 Å². The summed E-state index contributed by atoms with van der Waals surface area (Å²) >= 11 is 0. The zero-order valence-corrected chi connectivity index (χ0v) is 14.6. The first-order valence-corrected chi connectivity index (χ1v) is 8.77. The van der Waals surface area contributed by atoms with Gasteiger partial charge in [-0.2, -0.15) is 0 Å². The lowest BCUT2D eigenvalue weighted by molar-refractivity contribution is -0.0114. The molecule has 4 rings (SSSR count). The van der Waals surface area contributed by atoms with Crippen LogP contribution in [0.5, 0.6) is 0 Å². The van der Waals surface area contributed by atoms with E-state index in [0.717, 1.165) is 40.8 Å². The topological polar surface area (TPSA) is 42.4 Å². The van der Waals surface area contributed by atoms with E-state index in [9.17, 15) is 4.79 Å². The Labute approximate surface area is 142 Å². The molecule has 1 saturated heterocycles. The summed E-state index contributed by atoms with van der Waals surface area (Å²) in [5, 5.41) is 1.04. The molecule has 1 aromatic carbocycles. The zero-order chi connectivity index (χ0) is 16.8. The molecule has 0 spiro atoms. The molecule has 2 fully saturated rings. The number of fused-ring (bicyclic) bond motifs is 3. The van der Waals surface area contributed by atoms with Gasteiger partial charge < -0.3 is 9.64 Å². The Balaban J connectivity index is 1.66. The van der Waals surface area contributed by atoms with Crippen molar-refractivity contribution in [2.45, 2.75) is 32.8 Å². The number of pyridine rings is 1. The van der Waals surface area contributed by atoms with Crippen LogP contribution >= 0.6 is 0 Å². The first kappa shape index (κ1) is 15.6. The predicted molar refractivity (Wildman–Crippen MR) is 94.1 cm³/mol. The quantitative estimate of drug-likeness (QED) is 0.851. The molecule has 24 heavy (non-hydrogen) atoms. The number of carbonyl (C=O) groups is 1. The number of methoxy groups -OCH3 is 1. The van der Waals surface area contributed by atoms with E-state index in [1.54, 1.807) is 7.11 Å². The summed E-state index contributed by atoms with van der Waals surface area (Å²) in [6, 6.07) is 8.13. The standard InChI is InChI=1S/C20H24N2O2/c1-12-5-4-6-14-9-17(13(2)21-18(12)14)20(23)22-10-15-7-8-16(11-22)19(15)24-3/h4-6,9,15-16,19H,7-8,10-11H2,1-3H3/t15-,16+,19?. The van der Waals surface area contributed by atoms with Gasteiger partial charge in [-0.05, 0) is 38.3 Å². The summed E-state index contributed by atoms with van der Waals surface area (Å²) < 4.78 is 5.66. The van der Waals surface area contributed by atoms with Gasteiger partial charge in [-0.15, -0.1) is 0 Å². The summed E-state index contributed by atoms with van der Waals surface area (Å²) in [6.07, 6.45) is 2.66. The molecular formula is C20H24N2O2. The van der Waals surface area contributed by atoms with Crippen molar-refractivity contribution in [3.63, 3.8) is 0 Å². The van der Waals surface area contributed by atoms with Crippen LogP contribution < -0.4 is 0 Å². The van der Waals surface area contributed by atoms with Gasteiger partial charge in [-0.1, -0.05) is 18.2 Å². The van der Waals surface area contributed by atoms with E-state index < -0.39 is 0 Å². The molecule has 2 heterocycles. The molecule has 2 aromatic rings. The number of amides is 1. The summed E-state index contributed by atoms with van der Waals surface area (Å²) in [7, 11) is 1.80. The number of nitrogens with zero attached hydrogens (tertiary/aromatic N) is 2. The van der Waals surface area contributed by atoms with Gasteiger partial charge in [-0.25, -0.2) is 0 Å². The minimum Gasteiger partial charge on any atom is -0.381 e. The molecule has 0 N–H and O–H groups in total. The number of rotatable bonds is 2. The first-order chi connectivity index (χ1) is 11.6. The van der Waals surface area contributed by atoms with Crippen molar-refractivity contribution < 1.29 is 9.53 Å². The fraction of sp³-hybridized carbons (Fsp3) is 0.500. The lowest BCUT2D eigenvalue weighted by Gasteiger charge is -2.37. The van der Waals surface area contributed by atoms with Gasteiger partial charge in [0, 0.05) is 37.4 Å². The fourth-order valence-electron chi connectivity index (χ4n) is 4.55. The lowest BCUT2D eigenvalue weighted by atomic mass is 9.94. The third-order valence-electron chi connectivity index (χ3n) is 5.78. The molecule has 2 bridgehead atoms. The zero-order valence-electron chi connectivity index (χ0n) is 14.6. The summed E-state index contributed by atoms with van der Waals surface area (Å²) in [5.74, 6) is 1.08. The van der Waals surface area contributed by atoms with Crippen molar-refractivity contribution in [3.8, 4) is 0 Å². The van der Waals surface area contributed by atoms with E-state index in [-0.39, 0.29) is 5.91 Å².